The Morgan fingerprint density at radius 2 is 2.00 bits per heavy atom. The van der Waals surface area contributed by atoms with E-state index in [4.69, 9.17) is 0 Å². The molecule has 3 aromatic rings. The van der Waals surface area contributed by atoms with E-state index in [0.717, 1.165) is 28.1 Å². The van der Waals surface area contributed by atoms with E-state index >= 15 is 0 Å². The summed E-state index contributed by atoms with van der Waals surface area (Å²) in [7, 11) is 1.88. The van der Waals surface area contributed by atoms with Crippen LogP contribution in [0.2, 0.25) is 0 Å². The van der Waals surface area contributed by atoms with Gasteiger partial charge in [-0.1, -0.05) is 12.1 Å². The van der Waals surface area contributed by atoms with Gasteiger partial charge in [-0.25, -0.2) is 9.97 Å². The van der Waals surface area contributed by atoms with Gasteiger partial charge in [-0.05, 0) is 23.6 Å². The highest BCUT2D eigenvalue weighted by Gasteiger charge is 2.07. The molecule has 1 aromatic carbocycles. The summed E-state index contributed by atoms with van der Waals surface area (Å²) < 4.78 is 0. The molecule has 2 aromatic heterocycles. The third kappa shape index (κ3) is 1.76. The molecule has 84 valence electrons. The molecule has 0 aliphatic carbocycles. The van der Waals surface area contributed by atoms with Gasteiger partial charge in [0.15, 0.2) is 5.82 Å². The van der Waals surface area contributed by atoms with Gasteiger partial charge >= 0.3 is 0 Å². The Balaban J connectivity index is 2.28. The van der Waals surface area contributed by atoms with E-state index in [1.54, 1.807) is 11.3 Å². The van der Waals surface area contributed by atoms with E-state index in [1.165, 1.54) is 0 Å². The summed E-state index contributed by atoms with van der Waals surface area (Å²) in [5.41, 5.74) is 2.03. The van der Waals surface area contributed by atoms with Crippen molar-refractivity contribution in [1.29, 1.82) is 0 Å². The lowest BCUT2D eigenvalue weighted by atomic mass is 10.2. The molecule has 1 N–H and O–H groups in total. The van der Waals surface area contributed by atoms with Crippen LogP contribution in [-0.4, -0.2) is 17.0 Å². The Kier molecular flexibility index (Phi) is 2.49. The van der Waals surface area contributed by atoms with Crippen LogP contribution in [0.3, 0.4) is 0 Å². The number of aromatic nitrogens is 2. The quantitative estimate of drug-likeness (QED) is 0.747. The number of thiophene rings is 1. The van der Waals surface area contributed by atoms with E-state index in [2.05, 4.69) is 20.7 Å². The number of nitrogens with zero attached hydrogens (tertiary/aromatic N) is 2. The molecule has 4 heteroatoms. The molecule has 0 aliphatic heterocycles. The second kappa shape index (κ2) is 4.14. The summed E-state index contributed by atoms with van der Waals surface area (Å²) in [6.07, 6.45) is 0. The van der Waals surface area contributed by atoms with Gasteiger partial charge in [0.1, 0.15) is 5.82 Å². The average Bonchev–Trinajstić information content (AvgIpc) is 2.91. The maximum absolute atomic E-state index is 4.58. The Bertz CT molecular complexity index is 647. The minimum Gasteiger partial charge on any atom is -0.373 e. The van der Waals surface area contributed by atoms with Gasteiger partial charge in [-0.15, -0.1) is 0 Å². The Morgan fingerprint density at radius 1 is 1.12 bits per heavy atom. The summed E-state index contributed by atoms with van der Waals surface area (Å²) in [6, 6.07) is 10.1. The lowest BCUT2D eigenvalue weighted by Gasteiger charge is -2.06. The third-order valence-electron chi connectivity index (χ3n) is 2.62. The van der Waals surface area contributed by atoms with Gasteiger partial charge in [0, 0.05) is 23.4 Å². The molecule has 0 fully saturated rings. The zero-order chi connectivity index (χ0) is 11.7. The van der Waals surface area contributed by atoms with E-state index in [-0.39, 0.29) is 0 Å². The van der Waals surface area contributed by atoms with Crippen LogP contribution in [0.4, 0.5) is 5.82 Å². The fourth-order valence-corrected chi connectivity index (χ4v) is 2.42. The topological polar surface area (TPSA) is 37.8 Å². The van der Waals surface area contributed by atoms with Crippen molar-refractivity contribution in [3.63, 3.8) is 0 Å². The smallest absolute Gasteiger partial charge is 0.162 e. The van der Waals surface area contributed by atoms with Crippen molar-refractivity contribution in [2.75, 3.05) is 12.4 Å². The number of nitrogens with one attached hydrogen (secondary N) is 1. The maximum atomic E-state index is 4.58. The first-order chi connectivity index (χ1) is 8.38. The van der Waals surface area contributed by atoms with Crippen LogP contribution >= 0.6 is 11.3 Å². The number of rotatable bonds is 2. The first-order valence-corrected chi connectivity index (χ1v) is 6.30. The van der Waals surface area contributed by atoms with Gasteiger partial charge in [0.25, 0.3) is 0 Å². The van der Waals surface area contributed by atoms with Gasteiger partial charge < -0.3 is 5.32 Å². The number of hydrogen-bond donors (Lipinski definition) is 1. The molecule has 0 aliphatic rings. The summed E-state index contributed by atoms with van der Waals surface area (Å²) in [4.78, 5) is 9.13. The largest absolute Gasteiger partial charge is 0.373 e. The lowest BCUT2D eigenvalue weighted by Crippen LogP contribution is -1.97. The van der Waals surface area contributed by atoms with Crippen molar-refractivity contribution in [2.24, 2.45) is 0 Å². The highest BCUT2D eigenvalue weighted by Crippen LogP contribution is 2.25. The molecule has 0 spiro atoms. The van der Waals surface area contributed by atoms with Crippen molar-refractivity contribution < 1.29 is 0 Å². The molecular formula is C13H11N3S. The second-order valence-electron chi connectivity index (χ2n) is 3.67. The Hall–Kier alpha value is -1.94. The normalized spacial score (nSPS) is 10.6. The van der Waals surface area contributed by atoms with E-state index < -0.39 is 0 Å². The van der Waals surface area contributed by atoms with E-state index in [9.17, 15) is 0 Å². The average molecular weight is 241 g/mol. The highest BCUT2D eigenvalue weighted by molar-refractivity contribution is 7.08. The van der Waals surface area contributed by atoms with Gasteiger partial charge in [0.2, 0.25) is 0 Å². The van der Waals surface area contributed by atoms with E-state index in [0.29, 0.717) is 0 Å². The minimum atomic E-state index is 0.773. The van der Waals surface area contributed by atoms with E-state index in [1.807, 2.05) is 42.8 Å². The minimum absolute atomic E-state index is 0.773. The molecule has 0 saturated heterocycles. The van der Waals surface area contributed by atoms with Gasteiger partial charge in [-0.2, -0.15) is 11.3 Å². The maximum Gasteiger partial charge on any atom is 0.162 e. The molecule has 0 amide bonds. The van der Waals surface area contributed by atoms with Crippen LogP contribution < -0.4 is 5.32 Å². The number of fused-ring (bicyclic) bond motifs is 1. The van der Waals surface area contributed by atoms with Crippen LogP contribution in [0.1, 0.15) is 0 Å². The molecule has 0 bridgehead atoms. The van der Waals surface area contributed by atoms with Gasteiger partial charge in [-0.3, -0.25) is 0 Å². The summed E-state index contributed by atoms with van der Waals surface area (Å²) in [6.45, 7) is 0. The van der Waals surface area contributed by atoms with Crippen LogP contribution in [0.5, 0.6) is 0 Å². The molecule has 0 unspecified atom stereocenters. The second-order valence-corrected chi connectivity index (χ2v) is 4.46. The molecule has 2 heterocycles. The summed E-state index contributed by atoms with van der Waals surface area (Å²) in [5.74, 6) is 1.64. The Labute approximate surface area is 103 Å². The first-order valence-electron chi connectivity index (χ1n) is 5.35. The molecule has 0 atom stereocenters. The SMILES string of the molecule is CNc1nc(-c2ccsc2)nc2ccccc12. The zero-order valence-electron chi connectivity index (χ0n) is 9.34. The fraction of sp³-hybridized carbons (Fsp3) is 0.0769. The van der Waals surface area contributed by atoms with Crippen molar-refractivity contribution in [3.8, 4) is 11.4 Å². The number of anilines is 1. The predicted octanol–water partition coefficient (Wildman–Crippen LogP) is 3.40. The van der Waals surface area contributed by atoms with Crippen molar-refractivity contribution in [2.45, 2.75) is 0 Å². The standard InChI is InChI=1S/C13H11N3S/c1-14-13-10-4-2-3-5-11(10)15-12(16-13)9-6-7-17-8-9/h2-8H,1H3,(H,14,15,16). The predicted molar refractivity (Wildman–Crippen MR) is 72.4 cm³/mol. The molecule has 3 nitrogen and oxygen atoms in total. The molecule has 0 radical (unpaired) electrons. The molecule has 3 rings (SSSR count). The first kappa shape index (κ1) is 10.2. The number of para-hydroxylation sites is 1. The van der Waals surface area contributed by atoms with Crippen molar-refractivity contribution >= 4 is 28.1 Å². The van der Waals surface area contributed by atoms with Crippen LogP contribution in [-0.2, 0) is 0 Å². The van der Waals surface area contributed by atoms with Crippen molar-refractivity contribution in [1.82, 2.24) is 9.97 Å². The lowest BCUT2D eigenvalue weighted by molar-refractivity contribution is 1.22. The zero-order valence-corrected chi connectivity index (χ0v) is 10.2. The monoisotopic (exact) mass is 241 g/mol. The third-order valence-corrected chi connectivity index (χ3v) is 3.30. The summed E-state index contributed by atoms with van der Waals surface area (Å²) in [5, 5.41) is 8.27. The number of benzene rings is 1. The molecule has 17 heavy (non-hydrogen) atoms. The molecule has 0 saturated carbocycles. The van der Waals surface area contributed by atoms with Crippen molar-refractivity contribution in [3.05, 3.63) is 41.1 Å². The van der Waals surface area contributed by atoms with Gasteiger partial charge in [0.05, 0.1) is 5.52 Å². The summed E-state index contributed by atoms with van der Waals surface area (Å²) >= 11 is 1.65. The van der Waals surface area contributed by atoms with Crippen LogP contribution in [0.25, 0.3) is 22.3 Å². The fourth-order valence-electron chi connectivity index (χ4n) is 1.79. The molecular weight excluding hydrogens is 230 g/mol. The Morgan fingerprint density at radius 3 is 2.76 bits per heavy atom. The highest BCUT2D eigenvalue weighted by atomic mass is 32.1. The number of hydrogen-bond acceptors (Lipinski definition) is 4. The van der Waals surface area contributed by atoms with Crippen LogP contribution in [0.15, 0.2) is 41.1 Å². The van der Waals surface area contributed by atoms with Crippen LogP contribution in [0, 0.1) is 0 Å².